The molecular formula is C12H14Na8O35S8. The van der Waals surface area contributed by atoms with Gasteiger partial charge in [-0.3, -0.25) is 33.5 Å². The van der Waals surface area contributed by atoms with Crippen LogP contribution in [-0.2, 0) is 131 Å². The van der Waals surface area contributed by atoms with Crippen LogP contribution in [0.25, 0.3) is 0 Å². The Balaban J connectivity index is -0.000000784. The summed E-state index contributed by atoms with van der Waals surface area (Å²) in [5, 5.41) is 0. The average Bonchev–Trinajstić information content (AvgIpc) is 3.15. The zero-order valence-corrected chi connectivity index (χ0v) is 55.3. The van der Waals surface area contributed by atoms with Crippen LogP contribution in [-0.4, -0.2) is 178 Å². The van der Waals surface area contributed by atoms with Crippen LogP contribution in [0.1, 0.15) is 0 Å². The summed E-state index contributed by atoms with van der Waals surface area (Å²) < 4.78 is 320. The maximum Gasteiger partial charge on any atom is 1.00 e. The van der Waals surface area contributed by atoms with E-state index in [9.17, 15) is 104 Å². The van der Waals surface area contributed by atoms with Crippen LogP contribution in [0, 0.1) is 0 Å². The van der Waals surface area contributed by atoms with Crippen molar-refractivity contribution in [3.8, 4) is 0 Å². The Morgan fingerprint density at radius 2 is 0.698 bits per heavy atom. The van der Waals surface area contributed by atoms with Gasteiger partial charge in [0.05, 0.1) is 13.2 Å². The summed E-state index contributed by atoms with van der Waals surface area (Å²) in [6, 6.07) is 0. The van der Waals surface area contributed by atoms with E-state index in [4.69, 9.17) is 14.2 Å². The quantitative estimate of drug-likeness (QED) is 0.0585. The second kappa shape index (κ2) is 32.4. The summed E-state index contributed by atoms with van der Waals surface area (Å²) in [7, 11) is -50.8. The molecule has 2 aliphatic heterocycles. The molecule has 9 atom stereocenters. The SMILES string of the molecule is O=S(=O)([O-])OC[C@H]1O[C@](COS(=O)(=O)[O-])(O[C@H]2O[C@H](COS(=O)(=O)[O-])[C@@H](OS(=O)(=O)[O-])[C@H](OS(=O)(=O)[O-])[C@H]2OS(=O)(=O)[O-])[C@@H](OS(=O)(=O)[O-])[C@@H]1OS(=O)(=O)[O-].[Na+].[Na+].[Na+].[Na+].[Na+].[Na+].[Na+].[Na+]. The first-order chi connectivity index (χ1) is 24.2. The van der Waals surface area contributed by atoms with Crippen LogP contribution in [0.15, 0.2) is 0 Å². The summed E-state index contributed by atoms with van der Waals surface area (Å²) in [6.07, 6.45) is -27.5. The first kappa shape index (κ1) is 83.8. The van der Waals surface area contributed by atoms with E-state index in [1.165, 1.54) is 0 Å². The molecule has 0 aromatic rings. The van der Waals surface area contributed by atoms with Gasteiger partial charge in [0.2, 0.25) is 89.0 Å². The fourth-order valence-corrected chi connectivity index (χ4v) is 7.60. The van der Waals surface area contributed by atoms with Gasteiger partial charge >= 0.3 is 236 Å². The molecule has 2 saturated heterocycles. The summed E-state index contributed by atoms with van der Waals surface area (Å²) in [6.45, 7) is -6.74. The van der Waals surface area contributed by atoms with Gasteiger partial charge in [-0.1, -0.05) is 0 Å². The zero-order chi connectivity index (χ0) is 43.0. The Morgan fingerprint density at radius 1 is 0.381 bits per heavy atom. The standard InChI is InChI=1S/C12H22O35S8.8Na/c13-48(14,15)37-1-4-6(43-51(22,23)24)8(45-53(28,29)30)9(46-54(31,32)33)11(40-4)42-12(3-39-50(19,20)21)10(47-55(34,35)36)7(44-52(25,26)27)5(41-12)2-38-49(16,17)18;;;;;;;;/h4-11H,1-3H2,(H,13,14,15)(H,16,17,18)(H,19,20,21)(H,22,23,24)(H,25,26,27)(H,28,29,30)(H,31,32,33)(H,34,35,36);;;;;;;;/q;8*+1/p-8/t4-,5-,6-,7-,8+,9-,10+,11-,12-;;;;;;;;/m1......../s1. The number of rotatable bonds is 21. The molecule has 0 spiro atoms. The van der Waals surface area contributed by atoms with Crippen molar-refractivity contribution in [1.29, 1.82) is 0 Å². The molecule has 0 aromatic carbocycles. The molecule has 2 fully saturated rings. The maximum atomic E-state index is 11.7. The summed E-state index contributed by atoms with van der Waals surface area (Å²) >= 11 is 0. The largest absolute Gasteiger partial charge is 1.00 e. The summed E-state index contributed by atoms with van der Waals surface area (Å²) in [5.41, 5.74) is 0. The monoisotopic (exact) mass is 1160 g/mol. The third-order valence-electron chi connectivity index (χ3n) is 5.65. The van der Waals surface area contributed by atoms with Crippen LogP contribution < -0.4 is 236 Å². The van der Waals surface area contributed by atoms with E-state index < -0.39 is 158 Å². The first-order valence-electron chi connectivity index (χ1n) is 12.2. The van der Waals surface area contributed by atoms with E-state index in [-0.39, 0.29) is 236 Å². The van der Waals surface area contributed by atoms with Crippen molar-refractivity contribution < 1.29 is 388 Å². The predicted octanol–water partition coefficient (Wildman–Crippen LogP) is -33.5. The Kier molecular flexibility index (Phi) is 43.1. The normalized spacial score (nSPS) is 26.8. The molecule has 2 aliphatic rings. The molecule has 51 heteroatoms. The van der Waals surface area contributed by atoms with Gasteiger partial charge in [0.25, 0.3) is 0 Å². The molecule has 0 aliphatic carbocycles. The van der Waals surface area contributed by atoms with Crippen LogP contribution >= 0.6 is 0 Å². The van der Waals surface area contributed by atoms with Gasteiger partial charge in [0.1, 0.15) is 37.1 Å². The van der Waals surface area contributed by atoms with E-state index in [0.717, 1.165) is 0 Å². The Hall–Kier alpha value is 6.84. The van der Waals surface area contributed by atoms with Gasteiger partial charge in [0, 0.05) is 0 Å². The number of hydrogen-bond acceptors (Lipinski definition) is 35. The molecule has 63 heavy (non-hydrogen) atoms. The van der Waals surface area contributed by atoms with Crippen molar-refractivity contribution >= 4 is 83.2 Å². The molecule has 0 amide bonds. The minimum Gasteiger partial charge on any atom is -0.726 e. The van der Waals surface area contributed by atoms with Crippen molar-refractivity contribution in [3.05, 3.63) is 0 Å². The van der Waals surface area contributed by atoms with Gasteiger partial charge in [-0.2, -0.15) is 0 Å². The van der Waals surface area contributed by atoms with E-state index in [1.54, 1.807) is 0 Å². The van der Waals surface area contributed by atoms with Gasteiger partial charge in [0.15, 0.2) is 18.5 Å². The molecule has 0 bridgehead atoms. The molecule has 2 rings (SSSR count). The Labute approximate surface area is 535 Å². The summed E-state index contributed by atoms with van der Waals surface area (Å²) in [4.78, 5) is 0. The van der Waals surface area contributed by atoms with Crippen molar-refractivity contribution in [2.24, 2.45) is 0 Å². The van der Waals surface area contributed by atoms with Crippen molar-refractivity contribution in [2.45, 2.75) is 54.8 Å². The molecule has 2 heterocycles. The molecule has 0 radical (unpaired) electrons. The summed E-state index contributed by atoms with van der Waals surface area (Å²) in [5.74, 6) is -4.31. The second-order valence-corrected chi connectivity index (χ2v) is 17.7. The molecule has 35 nitrogen and oxygen atoms in total. The average molecular weight is 1160 g/mol. The Morgan fingerprint density at radius 3 is 1.05 bits per heavy atom. The second-order valence-electron chi connectivity index (χ2n) is 9.49. The first-order valence-corrected chi connectivity index (χ1v) is 22.9. The topological polar surface area (TPSA) is 559 Å². The zero-order valence-electron chi connectivity index (χ0n) is 32.8. The smallest absolute Gasteiger partial charge is 0.726 e. The van der Waals surface area contributed by atoms with Gasteiger partial charge in [-0.15, -0.1) is 0 Å². The fraction of sp³-hybridized carbons (Fsp3) is 1.00. The van der Waals surface area contributed by atoms with Crippen molar-refractivity contribution in [2.75, 3.05) is 19.8 Å². The fourth-order valence-electron chi connectivity index (χ4n) is 4.21. The van der Waals surface area contributed by atoms with E-state index in [2.05, 4.69) is 33.5 Å². The minimum atomic E-state index is -6.58. The van der Waals surface area contributed by atoms with Crippen LogP contribution in [0.5, 0.6) is 0 Å². The van der Waals surface area contributed by atoms with E-state index in [1.807, 2.05) is 0 Å². The molecule has 0 aromatic heterocycles. The van der Waals surface area contributed by atoms with Gasteiger partial charge in [-0.05, 0) is 0 Å². The minimum absolute atomic E-state index is 0. The molecule has 0 unspecified atom stereocenters. The van der Waals surface area contributed by atoms with E-state index in [0.29, 0.717) is 0 Å². The molecule has 0 N–H and O–H groups in total. The third-order valence-corrected chi connectivity index (χ3v) is 9.18. The predicted molar refractivity (Wildman–Crippen MR) is 137 cm³/mol. The molecule has 0 saturated carbocycles. The maximum absolute atomic E-state index is 11.7. The van der Waals surface area contributed by atoms with Crippen molar-refractivity contribution in [3.63, 3.8) is 0 Å². The van der Waals surface area contributed by atoms with Crippen LogP contribution in [0.4, 0.5) is 0 Å². The van der Waals surface area contributed by atoms with Crippen LogP contribution in [0.2, 0.25) is 0 Å². The van der Waals surface area contributed by atoms with Crippen LogP contribution in [0.3, 0.4) is 0 Å². The Bertz CT molecular complexity index is 2310. The number of hydrogen-bond donors (Lipinski definition) is 0. The van der Waals surface area contributed by atoms with Crippen molar-refractivity contribution in [1.82, 2.24) is 0 Å². The number of ether oxygens (including phenoxy) is 3. The van der Waals surface area contributed by atoms with Gasteiger partial charge < -0.3 is 50.6 Å². The van der Waals surface area contributed by atoms with Gasteiger partial charge in [-0.25, -0.2) is 67.3 Å². The third kappa shape index (κ3) is 34.2. The molecule has 328 valence electrons. The van der Waals surface area contributed by atoms with E-state index >= 15 is 0 Å². The molecular weight excluding hydrogens is 1140 g/mol.